The number of rotatable bonds is 8. The van der Waals surface area contributed by atoms with Gasteiger partial charge in [-0.05, 0) is 49.2 Å². The van der Waals surface area contributed by atoms with Crippen molar-refractivity contribution in [3.05, 3.63) is 64.3 Å². The molecule has 2 amide bonds. The number of hydrogen-bond acceptors (Lipinski definition) is 6. The van der Waals surface area contributed by atoms with Crippen LogP contribution in [0.3, 0.4) is 0 Å². The number of methoxy groups -OCH3 is 2. The molecule has 2 heterocycles. The van der Waals surface area contributed by atoms with E-state index in [0.29, 0.717) is 34.7 Å². The summed E-state index contributed by atoms with van der Waals surface area (Å²) in [6, 6.07) is 9.94. The van der Waals surface area contributed by atoms with Crippen molar-refractivity contribution in [2.24, 2.45) is 7.05 Å². The second-order valence-corrected chi connectivity index (χ2v) is 8.24. The summed E-state index contributed by atoms with van der Waals surface area (Å²) in [4.78, 5) is 40.9. The largest absolute Gasteiger partial charge is 0.501 e. The second-order valence-electron chi connectivity index (χ2n) is 8.24. The zero-order valence-corrected chi connectivity index (χ0v) is 20.3. The van der Waals surface area contributed by atoms with Crippen LogP contribution in [-0.2, 0) is 27.9 Å². The number of amides is 2. The van der Waals surface area contributed by atoms with Crippen LogP contribution in [-0.4, -0.2) is 46.7 Å². The summed E-state index contributed by atoms with van der Waals surface area (Å²) in [6.07, 6.45) is 3.73. The van der Waals surface area contributed by atoms with Gasteiger partial charge in [0, 0.05) is 19.0 Å². The van der Waals surface area contributed by atoms with Gasteiger partial charge in [-0.2, -0.15) is 0 Å². The number of aromatic nitrogens is 2. The minimum Gasteiger partial charge on any atom is -0.501 e. The maximum Gasteiger partial charge on any atom is 0.329 e. The highest BCUT2D eigenvalue weighted by Crippen LogP contribution is 2.33. The van der Waals surface area contributed by atoms with Crippen LogP contribution in [0.15, 0.2) is 47.5 Å². The summed E-state index contributed by atoms with van der Waals surface area (Å²) in [5, 5.41) is 0. The average Bonchev–Trinajstić information content (AvgIpc) is 3.12. The Morgan fingerprint density at radius 1 is 1.03 bits per heavy atom. The Morgan fingerprint density at radius 3 is 2.43 bits per heavy atom. The topological polar surface area (TPSA) is 92.0 Å². The Labute approximate surface area is 203 Å². The van der Waals surface area contributed by atoms with Gasteiger partial charge in [-0.15, -0.1) is 0 Å². The number of benzene rings is 2. The van der Waals surface area contributed by atoms with Crippen LogP contribution in [0.2, 0.25) is 0 Å². The fourth-order valence-corrected chi connectivity index (χ4v) is 4.48. The maximum atomic E-state index is 13.5. The van der Waals surface area contributed by atoms with Crippen LogP contribution in [0, 0.1) is 0 Å². The molecular weight excluding hydrogens is 450 g/mol. The number of carbonyl (C=O) groups excluding carboxylic acids is 2. The predicted molar refractivity (Wildman–Crippen MR) is 131 cm³/mol. The molecule has 184 valence electrons. The summed E-state index contributed by atoms with van der Waals surface area (Å²) in [7, 11) is 4.79. The first-order valence-electron chi connectivity index (χ1n) is 11.4. The lowest BCUT2D eigenvalue weighted by Crippen LogP contribution is -2.47. The predicted octanol–water partition coefficient (Wildman–Crippen LogP) is 3.25. The highest BCUT2D eigenvalue weighted by atomic mass is 16.5. The first-order chi connectivity index (χ1) is 16.9. The number of imide groups is 1. The molecule has 35 heavy (non-hydrogen) atoms. The molecule has 1 unspecified atom stereocenters. The molecule has 9 heteroatoms. The van der Waals surface area contributed by atoms with Crippen molar-refractivity contribution in [3.63, 3.8) is 0 Å². The molecule has 1 aliphatic rings. The molecule has 0 saturated carbocycles. The van der Waals surface area contributed by atoms with Crippen molar-refractivity contribution in [3.8, 4) is 11.5 Å². The maximum absolute atomic E-state index is 13.5. The highest BCUT2D eigenvalue weighted by molar-refractivity contribution is 6.00. The Morgan fingerprint density at radius 2 is 1.77 bits per heavy atom. The van der Waals surface area contributed by atoms with Crippen LogP contribution in [0.25, 0.3) is 17.1 Å². The summed E-state index contributed by atoms with van der Waals surface area (Å²) >= 11 is 0. The van der Waals surface area contributed by atoms with Crippen molar-refractivity contribution in [2.75, 3.05) is 20.8 Å². The van der Waals surface area contributed by atoms with E-state index in [1.807, 2.05) is 19.1 Å². The normalized spacial score (nSPS) is 16.3. The fraction of sp³-hybridized carbons (Fsp3) is 0.346. The lowest BCUT2D eigenvalue weighted by molar-refractivity contribution is -0.151. The van der Waals surface area contributed by atoms with Gasteiger partial charge >= 0.3 is 5.69 Å². The van der Waals surface area contributed by atoms with Crippen molar-refractivity contribution in [2.45, 2.75) is 32.4 Å². The molecule has 1 atom stereocenters. The van der Waals surface area contributed by atoms with Gasteiger partial charge in [0.25, 0.3) is 5.91 Å². The fourth-order valence-electron chi connectivity index (χ4n) is 4.48. The van der Waals surface area contributed by atoms with E-state index in [9.17, 15) is 14.4 Å². The monoisotopic (exact) mass is 479 g/mol. The molecule has 9 nitrogen and oxygen atoms in total. The van der Waals surface area contributed by atoms with Crippen molar-refractivity contribution in [1.82, 2.24) is 14.0 Å². The second kappa shape index (κ2) is 10.1. The summed E-state index contributed by atoms with van der Waals surface area (Å²) in [5.41, 5.74) is 2.34. The van der Waals surface area contributed by atoms with Gasteiger partial charge in [-0.1, -0.05) is 12.1 Å². The Balaban J connectivity index is 1.75. The van der Waals surface area contributed by atoms with E-state index < -0.39 is 11.9 Å². The third kappa shape index (κ3) is 4.41. The number of carbonyl (C=O) groups is 2. The van der Waals surface area contributed by atoms with Crippen LogP contribution >= 0.6 is 0 Å². The zero-order chi connectivity index (χ0) is 25.1. The summed E-state index contributed by atoms with van der Waals surface area (Å²) < 4.78 is 19.0. The summed E-state index contributed by atoms with van der Waals surface area (Å²) in [6.45, 7) is 2.51. The molecule has 3 aromatic rings. The number of imidazole rings is 1. The lowest BCUT2D eigenvalue weighted by Gasteiger charge is -2.31. The average molecular weight is 480 g/mol. The molecule has 0 spiro atoms. The molecule has 2 aromatic carbocycles. The van der Waals surface area contributed by atoms with Gasteiger partial charge in [-0.3, -0.25) is 23.6 Å². The van der Waals surface area contributed by atoms with E-state index in [1.54, 1.807) is 57.9 Å². The smallest absolute Gasteiger partial charge is 0.329 e. The Kier molecular flexibility index (Phi) is 6.95. The molecule has 0 N–H and O–H groups in total. The standard InChI is InChI=1S/C26H29N3O6/c1-5-35-15-14-19-22(34-4)12-10-20-24(19)27(2)26(32)29(20)21-11-13-23(30)28(25(21)31)16-17-6-8-18(33-3)9-7-17/h6-10,12,14-15,21H,5,11,13,16H2,1-4H3/b15-14+. The van der Waals surface area contributed by atoms with Crippen molar-refractivity contribution >= 4 is 28.9 Å². The molecule has 0 aliphatic carbocycles. The van der Waals surface area contributed by atoms with Gasteiger partial charge in [0.2, 0.25) is 5.91 Å². The van der Waals surface area contributed by atoms with Crippen LogP contribution in [0.5, 0.6) is 11.5 Å². The minimum absolute atomic E-state index is 0.133. The van der Waals surface area contributed by atoms with E-state index in [1.165, 1.54) is 14.0 Å². The number of likely N-dealkylation sites (tertiary alicyclic amines) is 1. The molecule has 1 aliphatic heterocycles. The van der Waals surface area contributed by atoms with E-state index in [2.05, 4.69) is 0 Å². The minimum atomic E-state index is -0.792. The molecule has 0 radical (unpaired) electrons. The number of nitrogens with zero attached hydrogens (tertiary/aromatic N) is 3. The van der Waals surface area contributed by atoms with E-state index in [4.69, 9.17) is 14.2 Å². The molecule has 1 saturated heterocycles. The number of hydrogen-bond donors (Lipinski definition) is 0. The molecule has 1 aromatic heterocycles. The van der Waals surface area contributed by atoms with E-state index in [0.717, 1.165) is 5.56 Å². The third-order valence-corrected chi connectivity index (χ3v) is 6.26. The van der Waals surface area contributed by atoms with Crippen LogP contribution in [0.4, 0.5) is 0 Å². The number of piperidine rings is 1. The van der Waals surface area contributed by atoms with Crippen LogP contribution in [0.1, 0.15) is 36.9 Å². The summed E-state index contributed by atoms with van der Waals surface area (Å²) in [5.74, 6) is 0.619. The van der Waals surface area contributed by atoms with Gasteiger partial charge < -0.3 is 14.2 Å². The quantitative estimate of drug-likeness (QED) is 0.364. The number of fused-ring (bicyclic) bond motifs is 1. The Hall–Kier alpha value is -4.01. The highest BCUT2D eigenvalue weighted by Gasteiger charge is 2.37. The molecule has 0 bridgehead atoms. The SMILES string of the molecule is CCO/C=C/c1c(OC)ccc2c1n(C)c(=O)n2C1CCC(=O)N(Cc2ccc(OC)cc2)C1=O. The molecule has 4 rings (SSSR count). The van der Waals surface area contributed by atoms with Gasteiger partial charge in [0.05, 0.1) is 44.7 Å². The third-order valence-electron chi connectivity index (χ3n) is 6.26. The molecular formula is C26H29N3O6. The Bertz CT molecular complexity index is 1340. The first kappa shape index (κ1) is 24.1. The van der Waals surface area contributed by atoms with Gasteiger partial charge in [0.1, 0.15) is 17.5 Å². The van der Waals surface area contributed by atoms with Crippen molar-refractivity contribution < 1.29 is 23.8 Å². The first-order valence-corrected chi connectivity index (χ1v) is 11.4. The number of aryl methyl sites for hydroxylation is 1. The number of ether oxygens (including phenoxy) is 3. The van der Waals surface area contributed by atoms with Gasteiger partial charge in [-0.25, -0.2) is 4.79 Å². The van der Waals surface area contributed by atoms with E-state index >= 15 is 0 Å². The van der Waals surface area contributed by atoms with Gasteiger partial charge in [0.15, 0.2) is 0 Å². The zero-order valence-electron chi connectivity index (χ0n) is 20.3. The van der Waals surface area contributed by atoms with Crippen molar-refractivity contribution in [1.29, 1.82) is 0 Å². The molecule has 1 fully saturated rings. The van der Waals surface area contributed by atoms with Crippen LogP contribution < -0.4 is 15.2 Å². The van der Waals surface area contributed by atoms with E-state index in [-0.39, 0.29) is 31.0 Å². The lowest BCUT2D eigenvalue weighted by atomic mass is 10.0.